The summed E-state index contributed by atoms with van der Waals surface area (Å²) in [5.41, 5.74) is 1.34. The Balaban J connectivity index is 1.80. The van der Waals surface area contributed by atoms with Crippen LogP contribution in [0.1, 0.15) is 25.9 Å². The molecule has 6 nitrogen and oxygen atoms in total. The minimum Gasteiger partial charge on any atom is -0.378 e. The third-order valence-electron chi connectivity index (χ3n) is 3.56. The highest BCUT2D eigenvalue weighted by atomic mass is 32.1. The van der Waals surface area contributed by atoms with Gasteiger partial charge in [0.2, 0.25) is 0 Å². The van der Waals surface area contributed by atoms with E-state index in [-0.39, 0.29) is 11.8 Å². The highest BCUT2D eigenvalue weighted by Gasteiger charge is 2.22. The zero-order chi connectivity index (χ0) is 16.2. The fourth-order valence-electron chi connectivity index (χ4n) is 2.37. The van der Waals surface area contributed by atoms with Crippen molar-refractivity contribution >= 4 is 28.8 Å². The summed E-state index contributed by atoms with van der Waals surface area (Å²) in [5.74, 6) is -0.407. The molecule has 1 aromatic heterocycles. The molecule has 1 aliphatic heterocycles. The van der Waals surface area contributed by atoms with E-state index < -0.39 is 0 Å². The van der Waals surface area contributed by atoms with Crippen LogP contribution in [0.5, 0.6) is 0 Å². The van der Waals surface area contributed by atoms with E-state index in [1.807, 2.05) is 6.92 Å². The Morgan fingerprint density at radius 2 is 2.00 bits per heavy atom. The maximum Gasteiger partial charge on any atom is 0.275 e. The fourth-order valence-corrected chi connectivity index (χ4v) is 2.96. The molecule has 2 amide bonds. The second kappa shape index (κ2) is 6.89. The number of nitrogens with one attached hydrogen (secondary N) is 1. The first-order valence-corrected chi connectivity index (χ1v) is 8.22. The Hall–Kier alpha value is -2.25. The summed E-state index contributed by atoms with van der Waals surface area (Å²) in [4.78, 5) is 30.8. The highest BCUT2D eigenvalue weighted by Crippen LogP contribution is 2.19. The van der Waals surface area contributed by atoms with Crippen LogP contribution < -0.4 is 5.32 Å². The third kappa shape index (κ3) is 3.57. The minimum atomic E-state index is -0.309. The number of ether oxygens (including phenoxy) is 1. The average molecular weight is 331 g/mol. The lowest BCUT2D eigenvalue weighted by Crippen LogP contribution is -2.41. The van der Waals surface area contributed by atoms with Crippen molar-refractivity contribution in [1.29, 1.82) is 0 Å². The first kappa shape index (κ1) is 15.6. The molecule has 2 aromatic rings. The molecule has 1 aromatic carbocycles. The van der Waals surface area contributed by atoms with Crippen LogP contribution in [-0.4, -0.2) is 48.0 Å². The van der Waals surface area contributed by atoms with Gasteiger partial charge in [0.15, 0.2) is 0 Å². The van der Waals surface area contributed by atoms with Crippen LogP contribution in [0, 0.1) is 6.92 Å². The Morgan fingerprint density at radius 3 is 2.70 bits per heavy atom. The van der Waals surface area contributed by atoms with Gasteiger partial charge < -0.3 is 15.0 Å². The molecule has 0 bridgehead atoms. The SMILES string of the molecule is Cc1nc(C(=O)Nc2ccccc2C(=O)N2CCOCC2)cs1. The van der Waals surface area contributed by atoms with E-state index in [1.54, 1.807) is 34.5 Å². The van der Waals surface area contributed by atoms with Crippen LogP contribution in [-0.2, 0) is 4.74 Å². The van der Waals surface area contributed by atoms with Crippen molar-refractivity contribution in [2.45, 2.75) is 6.92 Å². The predicted octanol–water partition coefficient (Wildman–Crippen LogP) is 2.18. The smallest absolute Gasteiger partial charge is 0.275 e. The van der Waals surface area contributed by atoms with E-state index in [2.05, 4.69) is 10.3 Å². The molecule has 1 saturated heterocycles. The van der Waals surface area contributed by atoms with E-state index in [4.69, 9.17) is 4.74 Å². The van der Waals surface area contributed by atoms with Crippen molar-refractivity contribution in [2.75, 3.05) is 31.6 Å². The lowest BCUT2D eigenvalue weighted by Gasteiger charge is -2.27. The number of thiazole rings is 1. The van der Waals surface area contributed by atoms with Crippen LogP contribution >= 0.6 is 11.3 Å². The van der Waals surface area contributed by atoms with E-state index in [0.29, 0.717) is 43.2 Å². The molecule has 0 unspecified atom stereocenters. The third-order valence-corrected chi connectivity index (χ3v) is 4.33. The van der Waals surface area contributed by atoms with E-state index >= 15 is 0 Å². The molecular formula is C16H17N3O3S. The van der Waals surface area contributed by atoms with Crippen molar-refractivity contribution in [3.05, 3.63) is 45.9 Å². The number of carbonyl (C=O) groups excluding carboxylic acids is 2. The van der Waals surface area contributed by atoms with Gasteiger partial charge in [-0.2, -0.15) is 0 Å². The molecule has 0 atom stereocenters. The molecule has 3 rings (SSSR count). The Labute approximate surface area is 138 Å². The number of rotatable bonds is 3. The summed E-state index contributed by atoms with van der Waals surface area (Å²) >= 11 is 1.42. The number of benzene rings is 1. The number of nitrogens with zero attached hydrogens (tertiary/aromatic N) is 2. The number of para-hydroxylation sites is 1. The number of amides is 2. The summed E-state index contributed by atoms with van der Waals surface area (Å²) in [5, 5.41) is 5.32. The first-order valence-electron chi connectivity index (χ1n) is 7.34. The number of aromatic nitrogens is 1. The van der Waals surface area contributed by atoms with Gasteiger partial charge in [0.1, 0.15) is 5.69 Å². The quantitative estimate of drug-likeness (QED) is 0.936. The number of hydrogen-bond donors (Lipinski definition) is 1. The summed E-state index contributed by atoms with van der Waals surface area (Å²) in [6.07, 6.45) is 0. The summed E-state index contributed by atoms with van der Waals surface area (Å²) in [6.45, 7) is 4.05. The highest BCUT2D eigenvalue weighted by molar-refractivity contribution is 7.09. The Kier molecular flexibility index (Phi) is 4.68. The molecule has 2 heterocycles. The molecule has 1 N–H and O–H groups in total. The van der Waals surface area contributed by atoms with Crippen molar-refractivity contribution in [2.24, 2.45) is 0 Å². The molecule has 0 radical (unpaired) electrons. The first-order chi connectivity index (χ1) is 11.1. The van der Waals surface area contributed by atoms with E-state index in [9.17, 15) is 9.59 Å². The molecule has 1 fully saturated rings. The second-order valence-corrected chi connectivity index (χ2v) is 6.22. The normalized spacial score (nSPS) is 14.6. The van der Waals surface area contributed by atoms with Gasteiger partial charge in [0.05, 0.1) is 29.5 Å². The van der Waals surface area contributed by atoms with Crippen LogP contribution in [0.4, 0.5) is 5.69 Å². The molecular weight excluding hydrogens is 314 g/mol. The van der Waals surface area contributed by atoms with Gasteiger partial charge in [0, 0.05) is 18.5 Å². The Morgan fingerprint density at radius 1 is 1.26 bits per heavy atom. The molecule has 1 aliphatic rings. The second-order valence-electron chi connectivity index (χ2n) is 5.16. The number of aryl methyl sites for hydroxylation is 1. The topological polar surface area (TPSA) is 71.5 Å². The van der Waals surface area contributed by atoms with Gasteiger partial charge in [-0.05, 0) is 19.1 Å². The molecule has 23 heavy (non-hydrogen) atoms. The minimum absolute atomic E-state index is 0.0985. The molecule has 0 saturated carbocycles. The molecule has 0 spiro atoms. The van der Waals surface area contributed by atoms with Gasteiger partial charge in [0.25, 0.3) is 11.8 Å². The van der Waals surface area contributed by atoms with Crippen LogP contribution in [0.2, 0.25) is 0 Å². The maximum atomic E-state index is 12.6. The lowest BCUT2D eigenvalue weighted by atomic mass is 10.1. The number of carbonyl (C=O) groups is 2. The van der Waals surface area contributed by atoms with Crippen LogP contribution in [0.15, 0.2) is 29.6 Å². The molecule has 120 valence electrons. The zero-order valence-corrected chi connectivity index (χ0v) is 13.6. The molecule has 7 heteroatoms. The average Bonchev–Trinajstić information content (AvgIpc) is 3.02. The van der Waals surface area contributed by atoms with Crippen LogP contribution in [0.25, 0.3) is 0 Å². The number of anilines is 1. The lowest BCUT2D eigenvalue weighted by molar-refractivity contribution is 0.0303. The van der Waals surface area contributed by atoms with Crippen molar-refractivity contribution in [1.82, 2.24) is 9.88 Å². The standard InChI is InChI=1S/C16H17N3O3S/c1-11-17-14(10-23-11)15(20)18-13-5-3-2-4-12(13)16(21)19-6-8-22-9-7-19/h2-5,10H,6-9H2,1H3,(H,18,20). The fraction of sp³-hybridized carbons (Fsp3) is 0.312. The van der Waals surface area contributed by atoms with Crippen molar-refractivity contribution in [3.8, 4) is 0 Å². The zero-order valence-electron chi connectivity index (χ0n) is 12.7. The van der Waals surface area contributed by atoms with Crippen molar-refractivity contribution in [3.63, 3.8) is 0 Å². The number of hydrogen-bond acceptors (Lipinski definition) is 5. The van der Waals surface area contributed by atoms with E-state index in [1.165, 1.54) is 11.3 Å². The number of morpholine rings is 1. The van der Waals surface area contributed by atoms with Gasteiger partial charge in [-0.1, -0.05) is 12.1 Å². The summed E-state index contributed by atoms with van der Waals surface area (Å²) in [7, 11) is 0. The molecule has 0 aliphatic carbocycles. The summed E-state index contributed by atoms with van der Waals surface area (Å²) < 4.78 is 5.27. The van der Waals surface area contributed by atoms with E-state index in [0.717, 1.165) is 5.01 Å². The van der Waals surface area contributed by atoms with Crippen LogP contribution in [0.3, 0.4) is 0 Å². The van der Waals surface area contributed by atoms with Crippen molar-refractivity contribution < 1.29 is 14.3 Å². The Bertz CT molecular complexity index is 723. The largest absolute Gasteiger partial charge is 0.378 e. The maximum absolute atomic E-state index is 12.6. The van der Waals surface area contributed by atoms with Gasteiger partial charge in [-0.15, -0.1) is 11.3 Å². The van der Waals surface area contributed by atoms with Gasteiger partial charge in [-0.25, -0.2) is 4.98 Å². The predicted molar refractivity (Wildman–Crippen MR) is 88.0 cm³/mol. The monoisotopic (exact) mass is 331 g/mol. The van der Waals surface area contributed by atoms with Gasteiger partial charge in [-0.3, -0.25) is 9.59 Å². The summed E-state index contributed by atoms with van der Waals surface area (Å²) in [6, 6.07) is 7.03. The van der Waals surface area contributed by atoms with Gasteiger partial charge >= 0.3 is 0 Å².